The minimum Gasteiger partial charge on any atom is -0.466 e. The maximum Gasteiger partial charge on any atom is 0.306 e. The zero-order valence-electron chi connectivity index (χ0n) is 28.9. The molecular weight excluding hydrogens is 540 g/mol. The van der Waals surface area contributed by atoms with E-state index in [-0.39, 0.29) is 23.9 Å². The van der Waals surface area contributed by atoms with Gasteiger partial charge in [-0.2, -0.15) is 0 Å². The second kappa shape index (κ2) is 31.8. The first-order chi connectivity index (χ1) is 20.9. The minimum atomic E-state index is -0.0461. The summed E-state index contributed by atoms with van der Waals surface area (Å²) in [6.07, 6.45) is 24.3. The molecule has 0 rings (SSSR count). The molecule has 0 aromatic carbocycles. The lowest BCUT2D eigenvalue weighted by atomic mass is 10.1. The molecule has 7 nitrogen and oxygen atoms in total. The van der Waals surface area contributed by atoms with E-state index in [2.05, 4.69) is 31.0 Å². The Morgan fingerprint density at radius 1 is 0.581 bits per heavy atom. The monoisotopic (exact) mass is 611 g/mol. The molecule has 0 aromatic rings. The summed E-state index contributed by atoms with van der Waals surface area (Å²) in [6.45, 7) is 12.6. The van der Waals surface area contributed by atoms with Crippen molar-refractivity contribution in [2.75, 3.05) is 32.8 Å². The van der Waals surface area contributed by atoms with Crippen LogP contribution in [0.2, 0.25) is 0 Å². The Bertz CT molecular complexity index is 658. The van der Waals surface area contributed by atoms with E-state index in [1.54, 1.807) is 6.92 Å². The lowest BCUT2D eigenvalue weighted by Gasteiger charge is -2.22. The molecule has 0 aromatic heterocycles. The predicted octanol–water partition coefficient (Wildman–Crippen LogP) is 8.91. The lowest BCUT2D eigenvalue weighted by Crippen LogP contribution is -2.30. The number of carbonyl (C=O) groups excluding carboxylic acids is 3. The first kappa shape index (κ1) is 41.4. The molecule has 43 heavy (non-hydrogen) atoms. The Morgan fingerprint density at radius 2 is 1.09 bits per heavy atom. The first-order valence-corrected chi connectivity index (χ1v) is 18.2. The highest BCUT2D eigenvalue weighted by Gasteiger charge is 2.14. The molecule has 0 aliphatic carbocycles. The van der Waals surface area contributed by atoms with Gasteiger partial charge in [0.2, 0.25) is 5.91 Å². The summed E-state index contributed by atoms with van der Waals surface area (Å²) in [6, 6.07) is 0. The molecule has 7 heteroatoms. The van der Waals surface area contributed by atoms with Gasteiger partial charge in [0.25, 0.3) is 0 Å². The summed E-state index contributed by atoms with van der Waals surface area (Å²) in [4.78, 5) is 37.9. The maximum atomic E-state index is 12.4. The van der Waals surface area contributed by atoms with Crippen LogP contribution in [0.15, 0.2) is 0 Å². The van der Waals surface area contributed by atoms with E-state index in [1.807, 2.05) is 0 Å². The van der Waals surface area contributed by atoms with Gasteiger partial charge in [0.1, 0.15) is 6.10 Å². The number of hydrogen-bond acceptors (Lipinski definition) is 6. The Morgan fingerprint density at radius 3 is 1.70 bits per heavy atom. The SMILES string of the molecule is CCCCCOC(=O)CCCCCCCN(CCCCCCCC(=O)OC(CCCC)CCCCC)CCCNC(C)=O. The van der Waals surface area contributed by atoms with Crippen molar-refractivity contribution < 1.29 is 23.9 Å². The van der Waals surface area contributed by atoms with Crippen molar-refractivity contribution in [2.24, 2.45) is 0 Å². The molecule has 0 aliphatic rings. The summed E-state index contributed by atoms with van der Waals surface area (Å²) >= 11 is 0. The van der Waals surface area contributed by atoms with Gasteiger partial charge >= 0.3 is 11.9 Å². The maximum absolute atomic E-state index is 12.4. The Kier molecular flexibility index (Phi) is 30.6. The number of nitrogens with one attached hydrogen (secondary N) is 1. The van der Waals surface area contributed by atoms with Gasteiger partial charge in [0, 0.05) is 26.3 Å². The summed E-state index contributed by atoms with van der Waals surface area (Å²) in [5, 5.41) is 2.91. The molecule has 1 atom stereocenters. The smallest absolute Gasteiger partial charge is 0.306 e. The largest absolute Gasteiger partial charge is 0.466 e. The van der Waals surface area contributed by atoms with E-state index in [0.29, 0.717) is 19.4 Å². The molecule has 0 saturated heterocycles. The number of amides is 1. The van der Waals surface area contributed by atoms with E-state index in [4.69, 9.17) is 9.47 Å². The van der Waals surface area contributed by atoms with Gasteiger partial charge in [0.15, 0.2) is 0 Å². The fraction of sp³-hybridized carbons (Fsp3) is 0.917. The highest BCUT2D eigenvalue weighted by Crippen LogP contribution is 2.16. The van der Waals surface area contributed by atoms with Crippen LogP contribution < -0.4 is 5.32 Å². The second-order valence-electron chi connectivity index (χ2n) is 12.4. The molecule has 0 fully saturated rings. The van der Waals surface area contributed by atoms with Gasteiger partial charge in [-0.3, -0.25) is 14.4 Å². The molecular formula is C36H70N2O5. The van der Waals surface area contributed by atoms with Crippen LogP contribution in [0.5, 0.6) is 0 Å². The van der Waals surface area contributed by atoms with Gasteiger partial charge in [-0.25, -0.2) is 0 Å². The fourth-order valence-corrected chi connectivity index (χ4v) is 5.34. The normalized spacial score (nSPS) is 11.9. The third-order valence-corrected chi connectivity index (χ3v) is 8.05. The van der Waals surface area contributed by atoms with Crippen LogP contribution in [0.3, 0.4) is 0 Å². The van der Waals surface area contributed by atoms with Crippen LogP contribution in [0, 0.1) is 0 Å². The number of rotatable bonds is 32. The van der Waals surface area contributed by atoms with E-state index in [0.717, 1.165) is 122 Å². The van der Waals surface area contributed by atoms with Crippen LogP contribution in [0.25, 0.3) is 0 Å². The Balaban J connectivity index is 4.11. The summed E-state index contributed by atoms with van der Waals surface area (Å²) in [7, 11) is 0. The van der Waals surface area contributed by atoms with E-state index in [1.165, 1.54) is 38.5 Å². The minimum absolute atomic E-state index is 0.00899. The van der Waals surface area contributed by atoms with E-state index >= 15 is 0 Å². The van der Waals surface area contributed by atoms with Crippen LogP contribution >= 0.6 is 0 Å². The second-order valence-corrected chi connectivity index (χ2v) is 12.4. The van der Waals surface area contributed by atoms with Gasteiger partial charge in [0.05, 0.1) is 6.61 Å². The van der Waals surface area contributed by atoms with Crippen molar-refractivity contribution >= 4 is 17.8 Å². The van der Waals surface area contributed by atoms with Crippen molar-refractivity contribution in [1.29, 1.82) is 0 Å². The number of esters is 2. The fourth-order valence-electron chi connectivity index (χ4n) is 5.34. The third kappa shape index (κ3) is 30.2. The third-order valence-electron chi connectivity index (χ3n) is 8.05. The van der Waals surface area contributed by atoms with Crippen LogP contribution in [0.1, 0.15) is 175 Å². The van der Waals surface area contributed by atoms with Gasteiger partial charge < -0.3 is 19.7 Å². The molecule has 1 unspecified atom stereocenters. The molecule has 1 amide bonds. The van der Waals surface area contributed by atoms with Gasteiger partial charge in [-0.15, -0.1) is 0 Å². The topological polar surface area (TPSA) is 84.9 Å². The lowest BCUT2D eigenvalue weighted by molar-refractivity contribution is -0.150. The van der Waals surface area contributed by atoms with Crippen molar-refractivity contribution in [3.05, 3.63) is 0 Å². The zero-order chi connectivity index (χ0) is 31.8. The van der Waals surface area contributed by atoms with Crippen molar-refractivity contribution in [1.82, 2.24) is 10.2 Å². The average molecular weight is 611 g/mol. The molecule has 1 N–H and O–H groups in total. The molecule has 0 saturated carbocycles. The van der Waals surface area contributed by atoms with Gasteiger partial charge in [-0.05, 0) is 77.4 Å². The van der Waals surface area contributed by atoms with Crippen molar-refractivity contribution in [3.8, 4) is 0 Å². The van der Waals surface area contributed by atoms with Crippen molar-refractivity contribution in [2.45, 2.75) is 181 Å². The number of unbranched alkanes of at least 4 members (excludes halogenated alkanes) is 13. The first-order valence-electron chi connectivity index (χ1n) is 18.2. The van der Waals surface area contributed by atoms with E-state index < -0.39 is 0 Å². The van der Waals surface area contributed by atoms with E-state index in [9.17, 15) is 14.4 Å². The quantitative estimate of drug-likeness (QED) is 0.0605. The number of ether oxygens (including phenoxy) is 2. The highest BCUT2D eigenvalue weighted by molar-refractivity contribution is 5.72. The Labute approximate surface area is 266 Å². The summed E-state index contributed by atoms with van der Waals surface area (Å²) < 4.78 is 11.1. The molecule has 0 spiro atoms. The molecule has 0 bridgehead atoms. The molecule has 0 aliphatic heterocycles. The zero-order valence-corrected chi connectivity index (χ0v) is 28.9. The Hall–Kier alpha value is -1.63. The highest BCUT2D eigenvalue weighted by atomic mass is 16.5. The van der Waals surface area contributed by atoms with Gasteiger partial charge in [-0.1, -0.05) is 97.8 Å². The van der Waals surface area contributed by atoms with Crippen LogP contribution in [-0.2, 0) is 23.9 Å². The summed E-state index contributed by atoms with van der Waals surface area (Å²) in [5.74, 6) is -0.0197. The standard InChI is InChI=1S/C36H70N2O5/c1-5-8-17-25-34(24-10-7-3)43-36(41)27-19-14-12-16-21-30-38(31-23-28-37-33(4)39)29-20-15-11-13-18-26-35(40)42-32-22-9-6-2/h34H,5-32H2,1-4H3,(H,37,39). The van der Waals surface area contributed by atoms with Crippen LogP contribution in [0.4, 0.5) is 0 Å². The van der Waals surface area contributed by atoms with Crippen LogP contribution in [-0.4, -0.2) is 61.6 Å². The number of hydrogen-bond donors (Lipinski definition) is 1. The number of carbonyl (C=O) groups is 3. The predicted molar refractivity (Wildman–Crippen MR) is 179 cm³/mol. The average Bonchev–Trinajstić information content (AvgIpc) is 2.98. The number of nitrogens with zero attached hydrogens (tertiary/aromatic N) is 1. The summed E-state index contributed by atoms with van der Waals surface area (Å²) in [5.41, 5.74) is 0. The molecule has 254 valence electrons. The van der Waals surface area contributed by atoms with Crippen molar-refractivity contribution in [3.63, 3.8) is 0 Å². The molecule has 0 radical (unpaired) electrons. The molecule has 0 heterocycles.